The molecule has 0 spiro atoms. The summed E-state index contributed by atoms with van der Waals surface area (Å²) < 4.78 is 41.2. The summed E-state index contributed by atoms with van der Waals surface area (Å²) in [5, 5.41) is 156. The molecular weight excluding hydrogens is 2060 g/mol. The molecule has 3 saturated heterocycles. The number of nitrogens with one attached hydrogen (secondary N) is 10. The minimum absolute atomic E-state index is 0.00425. The number of likely N-dealkylation sites (N-methyl/N-ethyl adjacent to an activating group) is 1. The van der Waals surface area contributed by atoms with Crippen molar-refractivity contribution in [1.82, 2.24) is 68.0 Å². The number of β-lactam (4-membered cyclic amide) rings is 1. The molecule has 0 radical (unpaired) electrons. The number of aromatic hydroxyl groups is 3. The number of phenols is 3. The van der Waals surface area contributed by atoms with Crippen LogP contribution in [0.2, 0.25) is 14.4 Å². The Kier molecular flexibility index (Phi) is 35.5. The maximum absolute atomic E-state index is 16.3. The molecule has 11 bridgehead atoms. The van der Waals surface area contributed by atoms with E-state index in [1.165, 1.54) is 45.0 Å². The number of carbonyl (C=O) groups is 13. The Morgan fingerprint density at radius 2 is 1.40 bits per heavy atom. The summed E-state index contributed by atoms with van der Waals surface area (Å²) in [7, 11) is 2.66. The summed E-state index contributed by atoms with van der Waals surface area (Å²) in [5.74, 6) is -19.9. The van der Waals surface area contributed by atoms with E-state index >= 15 is 24.0 Å². The number of phenolic OH excluding ortho intramolecular Hbond substituents is 3. The number of benzene rings is 5. The number of nitrogen functional groups attached to an aromatic ring is 1. The number of aliphatic hydroxyl groups is 6. The van der Waals surface area contributed by atoms with E-state index in [0.29, 0.717) is 25.0 Å². The Morgan fingerprint density at radius 1 is 0.745 bits per heavy atom. The summed E-state index contributed by atoms with van der Waals surface area (Å²) >= 11 is 22.7. The number of oxime groups is 1. The van der Waals surface area contributed by atoms with Crippen LogP contribution in [0.3, 0.4) is 0 Å². The number of anilines is 1. The van der Waals surface area contributed by atoms with E-state index in [2.05, 4.69) is 63.3 Å². The lowest BCUT2D eigenvalue weighted by atomic mass is 9.85. The van der Waals surface area contributed by atoms with Gasteiger partial charge in [0.15, 0.2) is 59.7 Å². The van der Waals surface area contributed by atoms with E-state index in [-0.39, 0.29) is 113 Å². The molecule has 2 aromatic heterocycles. The van der Waals surface area contributed by atoms with E-state index < -0.39 is 283 Å². The van der Waals surface area contributed by atoms with Gasteiger partial charge in [-0.05, 0) is 135 Å². The van der Waals surface area contributed by atoms with Gasteiger partial charge in [0.05, 0.1) is 41.3 Å². The Balaban J connectivity index is 0.719. The lowest BCUT2D eigenvalue weighted by molar-refractivity contribution is -0.689. The van der Waals surface area contributed by atoms with Gasteiger partial charge < -0.3 is 159 Å². The van der Waals surface area contributed by atoms with Crippen LogP contribution >= 0.6 is 57.9 Å². The van der Waals surface area contributed by atoms with Crippen molar-refractivity contribution < 1.29 is 156 Å². The number of ether oxygens (including phenoxy) is 6. The molecule has 11 heterocycles. The first-order valence-electron chi connectivity index (χ1n) is 47.0. The van der Waals surface area contributed by atoms with Crippen molar-refractivity contribution in [3.63, 3.8) is 0 Å². The number of hydrogen-bond acceptors (Lipinski definition) is 36. The second-order valence-electron chi connectivity index (χ2n) is 36.8. The number of thiazole rings is 1. The van der Waals surface area contributed by atoms with Crippen LogP contribution in [-0.4, -0.2) is 290 Å². The van der Waals surface area contributed by atoms with Gasteiger partial charge in [0.25, 0.3) is 11.8 Å². The van der Waals surface area contributed by atoms with Gasteiger partial charge in [-0.1, -0.05) is 83.3 Å². The number of fused-ring (bicyclic) bond motifs is 16. The van der Waals surface area contributed by atoms with E-state index in [4.69, 9.17) is 79.5 Å². The summed E-state index contributed by atoms with van der Waals surface area (Å²) in [6.07, 6.45) is -15.5. The lowest BCUT2D eigenvalue weighted by Crippen LogP contribution is -2.71. The van der Waals surface area contributed by atoms with Crippen LogP contribution in [0.1, 0.15) is 149 Å². The third-order valence-electron chi connectivity index (χ3n) is 26.0. The first-order chi connectivity index (χ1) is 70.8. The van der Waals surface area contributed by atoms with E-state index in [9.17, 15) is 94.5 Å². The van der Waals surface area contributed by atoms with Crippen molar-refractivity contribution in [1.29, 1.82) is 0 Å². The van der Waals surface area contributed by atoms with Crippen molar-refractivity contribution in [2.24, 2.45) is 16.8 Å². The highest BCUT2D eigenvalue weighted by atomic mass is 35.5. The Morgan fingerprint density at radius 3 is 2.01 bits per heavy atom. The number of amides is 11. The molecule has 9 aliphatic heterocycles. The monoisotopic (exact) mass is 2170 g/mol. The average Bonchev–Trinajstić information content (AvgIpc) is 0.886. The van der Waals surface area contributed by atoms with Crippen molar-refractivity contribution in [3.05, 3.63) is 168 Å². The Labute approximate surface area is 872 Å². The number of rotatable bonds is 32. The number of carboxylic acid groups (broad SMARTS) is 2. The van der Waals surface area contributed by atoms with E-state index in [1.807, 2.05) is 6.92 Å². The van der Waals surface area contributed by atoms with E-state index in [0.717, 1.165) is 88.5 Å². The number of pyridine rings is 1. The number of hydrogen-bond donors (Lipinski definition) is 23. The standard InChI is InChI=1S/C96H110Cl3N17O31S2/c1-8-115(35-41-19-23-114(24-20-41)36-46-38-148-91-73(90(136)116(91)74(46)93(139)140)111-87(133)70(113-141-7)69-82(99)149-95(101)112-69)63(123)12-10-9-11-62(122)103-21-22-104-96(5)34-64(142-40(4)81(96)128)146-80-78(127)77(126)60(37-117)145-94(80)147-79-58-29-45-30-59(79)144-57-18-15-44(28-51(57)98)76(125)72-89(135)108-68(92(137)138)49-31-47(118)32-55(120)65(49)48-26-42(13-16-54(48)119)66(85(131)110-72)107-86(132)67(45)106-84(130)53(33-61(100)121)105-88(134)71(109-83(129)52(102-6)25-39(2)3)75(124)43-14-17-56(143-58)50(97)27-43/h13-20,23-24,26-32,39-40,52-53,60,64,66-68,71-73,75-78,80-81,91,94,102,104,117,124-128H,8-12,21-22,25,33-38H2,1-7H3,(H16-,100,101,103,105,106,107,108,109,110,111,112,113,118,119,120,121,122,129,130,131,132,133,134,135,137,138,139,140)/p+1/t40-,52+,53-,60+,64-,66+,67+,68-,71+,72-,73+,75+,76+,77+,78-,80+,81+,91+,94-,96-/m0/s1. The SMILES string of the molecule is CCN(Cc1cc[n+](CC2=C(C(=O)O)N3C(=O)[C@@H](NC(=O)/C(=N\OC)c4nc(N)sc4Cl)[C@H]3SC2)cc1)C(=O)CCCCC(=O)NCCN[C@@]1(C)C[C@H](O[C@H]2[C@H](Oc3c4cc5cc3Oc3ccc(cc3Cl)[C@@H](O)[C@@H](NC(=O)[C@@H](CC(C)C)NC)C(=O)N[C@@H](CC(N)=O)C(=O)N[C@H]5C(=O)N[C@H]3C(=O)N[C@H](C(=O)N[C@H](C(=O)O)c5cc(O)cc(O)c5-c5cc3ccc5O)[C@H](O)c3ccc(c(Cl)c3)O4)O[C@H](CO)[C@@H](O)[C@@H]2O)O[C@@H](C)[C@H]1O. The van der Waals surface area contributed by atoms with Gasteiger partial charge in [-0.3, -0.25) is 57.6 Å². The third kappa shape index (κ3) is 25.0. The molecule has 16 rings (SSSR count). The number of unbranched alkanes of at least 4 members (excludes halogenated alkanes) is 1. The maximum Gasteiger partial charge on any atom is 0.352 e. The molecule has 25 N–H and O–H groups in total. The lowest BCUT2D eigenvalue weighted by Gasteiger charge is -2.49. The second kappa shape index (κ2) is 47.6. The second-order valence-corrected chi connectivity index (χ2v) is 40.4. The number of nitrogens with zero attached hydrogens (tertiary/aromatic N) is 5. The smallest absolute Gasteiger partial charge is 0.352 e. The van der Waals surface area contributed by atoms with Crippen molar-refractivity contribution in [2.75, 3.05) is 51.9 Å². The van der Waals surface area contributed by atoms with Crippen LogP contribution in [0.15, 0.2) is 120 Å². The number of carboxylic acids is 2. The fraction of sp³-hybridized carbons (Fsp3) is 0.438. The maximum atomic E-state index is 16.3. The predicted molar refractivity (Wildman–Crippen MR) is 527 cm³/mol. The molecule has 9 aliphatic rings. The molecule has 149 heavy (non-hydrogen) atoms. The number of aliphatic carboxylic acids is 2. The van der Waals surface area contributed by atoms with Gasteiger partial charge in [-0.25, -0.2) is 19.1 Å². The summed E-state index contributed by atoms with van der Waals surface area (Å²) in [5.41, 5.74) is 7.65. The number of thioether (sulfide) groups is 1. The molecule has 53 heteroatoms. The molecule has 0 saturated carbocycles. The van der Waals surface area contributed by atoms with Crippen LogP contribution in [-0.2, 0) is 94.5 Å². The first-order valence-corrected chi connectivity index (χ1v) is 50.0. The largest absolute Gasteiger partial charge is 0.508 e. The molecule has 0 aliphatic carbocycles. The van der Waals surface area contributed by atoms with Gasteiger partial charge in [-0.15, -0.1) is 11.8 Å². The zero-order valence-corrected chi connectivity index (χ0v) is 84.6. The summed E-state index contributed by atoms with van der Waals surface area (Å²) in [6, 6.07) is 1.14. The number of halogens is 3. The zero-order chi connectivity index (χ0) is 108. The summed E-state index contributed by atoms with van der Waals surface area (Å²) in [6.45, 7) is 8.11. The fourth-order valence-electron chi connectivity index (χ4n) is 18.3. The van der Waals surface area contributed by atoms with Crippen LogP contribution < -0.4 is 83.4 Å². The van der Waals surface area contributed by atoms with Crippen LogP contribution in [0, 0.1) is 5.92 Å². The molecule has 48 nitrogen and oxygen atoms in total. The molecule has 3 fully saturated rings. The number of aromatic nitrogens is 2. The van der Waals surface area contributed by atoms with Gasteiger partial charge in [0.1, 0.15) is 124 Å². The predicted octanol–water partition coefficient (Wildman–Crippen LogP) is 1.23. The molecule has 20 atom stereocenters. The Hall–Kier alpha value is -13.4. The third-order valence-corrected chi connectivity index (χ3v) is 29.0. The van der Waals surface area contributed by atoms with Crippen LogP contribution in [0.25, 0.3) is 11.1 Å². The zero-order valence-electron chi connectivity index (χ0n) is 80.7. The number of nitrogens with two attached hydrogens (primary N) is 2. The molecule has 7 aromatic rings. The molecule has 0 unspecified atom stereocenters. The van der Waals surface area contributed by atoms with Gasteiger partial charge in [0, 0.05) is 97.2 Å². The number of aliphatic hydroxyl groups excluding tert-OH is 6. The quantitative estimate of drug-likeness (QED) is 0.00927. The molecule has 11 amide bonds. The minimum Gasteiger partial charge on any atom is -0.508 e. The van der Waals surface area contributed by atoms with Crippen molar-refractivity contribution in [2.45, 2.75) is 213 Å². The van der Waals surface area contributed by atoms with Crippen LogP contribution in [0.5, 0.6) is 46.0 Å². The highest BCUT2D eigenvalue weighted by molar-refractivity contribution is 8.00. The summed E-state index contributed by atoms with van der Waals surface area (Å²) in [4.78, 5) is 197. The number of carbonyl (C=O) groups excluding carboxylic acids is 11. The topological polar surface area (TPSA) is 717 Å². The Bertz CT molecular complexity index is 6410. The number of primary amides is 1. The van der Waals surface area contributed by atoms with Gasteiger partial charge in [-0.2, -0.15) is 0 Å². The highest BCUT2D eigenvalue weighted by Gasteiger charge is 2.57. The van der Waals surface area contributed by atoms with Crippen LogP contribution in [0.4, 0.5) is 5.13 Å². The fourth-order valence-corrected chi connectivity index (χ4v) is 21.0. The van der Waals surface area contributed by atoms with Crippen molar-refractivity contribution >= 4 is 146 Å². The molecule has 798 valence electrons. The van der Waals surface area contributed by atoms with Gasteiger partial charge >= 0.3 is 11.9 Å². The first kappa shape index (κ1) is 111. The van der Waals surface area contributed by atoms with E-state index in [1.54, 1.807) is 54.8 Å². The molecular formula is C96H111Cl3N17O31S2+. The molecule has 5 aromatic carbocycles. The van der Waals surface area contributed by atoms with Crippen molar-refractivity contribution in [3.8, 4) is 57.1 Å². The minimum atomic E-state index is -2.41. The average molecular weight is 2170 g/mol. The van der Waals surface area contributed by atoms with Gasteiger partial charge in [0.2, 0.25) is 65.2 Å². The normalized spacial score (nSPS) is 25.7. The highest BCUT2D eigenvalue weighted by Crippen LogP contribution is 2.51.